The molecule has 1 aromatic rings. The lowest BCUT2D eigenvalue weighted by Crippen LogP contribution is -2.02. The molecule has 0 spiro atoms. The monoisotopic (exact) mass is 209 g/mol. The van der Waals surface area contributed by atoms with Gasteiger partial charge in [0.1, 0.15) is 11.0 Å². The summed E-state index contributed by atoms with van der Waals surface area (Å²) < 4.78 is 10.7. The van der Waals surface area contributed by atoms with Gasteiger partial charge in [0.05, 0.1) is 4.90 Å². The van der Waals surface area contributed by atoms with Gasteiger partial charge in [-0.05, 0) is 18.2 Å². The van der Waals surface area contributed by atoms with Crippen LogP contribution in [0.3, 0.4) is 0 Å². The molecule has 0 aliphatic carbocycles. The maximum Gasteiger partial charge on any atom is 0.122 e. The molecule has 0 aliphatic heterocycles. The van der Waals surface area contributed by atoms with Crippen LogP contribution in [0.15, 0.2) is 23.1 Å². The van der Waals surface area contributed by atoms with E-state index in [0.717, 1.165) is 0 Å². The van der Waals surface area contributed by atoms with E-state index in [1.807, 2.05) is 0 Å². The molecule has 0 aliphatic rings. The first-order chi connectivity index (χ1) is 5.09. The van der Waals surface area contributed by atoms with Gasteiger partial charge in [-0.15, -0.1) is 0 Å². The molecule has 1 unspecified atom stereocenters. The molecule has 0 aromatic heterocycles. The van der Waals surface area contributed by atoms with Crippen molar-refractivity contribution in [1.29, 1.82) is 0 Å². The lowest BCUT2D eigenvalue weighted by Gasteiger charge is -1.97. The summed E-state index contributed by atoms with van der Waals surface area (Å²) in [6.07, 6.45) is 0. The van der Waals surface area contributed by atoms with Crippen LogP contribution in [-0.2, 0) is 11.0 Å². The maximum absolute atomic E-state index is 10.7. The van der Waals surface area contributed by atoms with Crippen LogP contribution in [0.2, 0.25) is 10.0 Å². The molecule has 0 fully saturated rings. The van der Waals surface area contributed by atoms with Crippen LogP contribution >= 0.6 is 23.2 Å². The number of halogens is 2. The van der Waals surface area contributed by atoms with Gasteiger partial charge in [-0.3, -0.25) is 0 Å². The van der Waals surface area contributed by atoms with Crippen molar-refractivity contribution in [2.75, 3.05) is 0 Å². The van der Waals surface area contributed by atoms with Gasteiger partial charge in [-0.25, -0.2) is 9.35 Å². The van der Waals surface area contributed by atoms with Gasteiger partial charge in [0.15, 0.2) is 0 Å². The van der Waals surface area contributed by atoms with E-state index in [0.29, 0.717) is 14.9 Å². The molecule has 0 saturated carbocycles. The van der Waals surface area contributed by atoms with Crippen LogP contribution in [0.25, 0.3) is 0 Å². The Morgan fingerprint density at radius 3 is 2.00 bits per heavy atom. The van der Waals surface area contributed by atoms with Crippen molar-refractivity contribution in [2.24, 2.45) is 5.14 Å². The van der Waals surface area contributed by atoms with Crippen LogP contribution in [0.5, 0.6) is 0 Å². The highest BCUT2D eigenvalue weighted by molar-refractivity contribution is 7.82. The Morgan fingerprint density at radius 1 is 1.18 bits per heavy atom. The number of rotatable bonds is 1. The van der Waals surface area contributed by atoms with Crippen molar-refractivity contribution in [3.05, 3.63) is 28.2 Å². The molecule has 1 atom stereocenters. The van der Waals surface area contributed by atoms with Crippen molar-refractivity contribution in [3.8, 4) is 0 Å². The van der Waals surface area contributed by atoms with Gasteiger partial charge in [0.2, 0.25) is 0 Å². The Hall–Kier alpha value is -0.0900. The third kappa shape index (κ3) is 2.45. The summed E-state index contributed by atoms with van der Waals surface area (Å²) in [5, 5.41) is 5.98. The SMILES string of the molecule is NS(=O)c1cc(Cl)cc(Cl)c1. The van der Waals surface area contributed by atoms with E-state index in [-0.39, 0.29) is 0 Å². The Balaban J connectivity index is 3.19. The average Bonchev–Trinajstić information content (AvgIpc) is 1.85. The van der Waals surface area contributed by atoms with Crippen LogP contribution in [-0.4, -0.2) is 4.21 Å². The zero-order valence-electron chi connectivity index (χ0n) is 5.38. The van der Waals surface area contributed by atoms with Crippen LogP contribution in [0.1, 0.15) is 0 Å². The number of nitrogens with two attached hydrogens (primary N) is 1. The molecule has 11 heavy (non-hydrogen) atoms. The molecule has 1 aromatic carbocycles. The molecule has 1 rings (SSSR count). The molecular formula is C6H5Cl2NOS. The van der Waals surface area contributed by atoms with Gasteiger partial charge in [0.25, 0.3) is 0 Å². The minimum atomic E-state index is -1.52. The maximum atomic E-state index is 10.7. The second-order valence-electron chi connectivity index (χ2n) is 1.90. The van der Waals surface area contributed by atoms with E-state index < -0.39 is 11.0 Å². The van der Waals surface area contributed by atoms with Gasteiger partial charge in [-0.1, -0.05) is 23.2 Å². The predicted octanol–water partition coefficient (Wildman–Crippen LogP) is 1.97. The standard InChI is InChI=1S/C6H5Cl2NOS/c7-4-1-5(8)3-6(2-4)11(9)10/h1-3H,9H2. The molecule has 2 nitrogen and oxygen atoms in total. The van der Waals surface area contributed by atoms with Crippen LogP contribution in [0.4, 0.5) is 0 Å². The van der Waals surface area contributed by atoms with Crippen molar-refractivity contribution >= 4 is 34.2 Å². The summed E-state index contributed by atoms with van der Waals surface area (Å²) in [4.78, 5) is 0.433. The van der Waals surface area contributed by atoms with Gasteiger partial charge in [-0.2, -0.15) is 0 Å². The van der Waals surface area contributed by atoms with E-state index in [2.05, 4.69) is 0 Å². The van der Waals surface area contributed by atoms with Crippen molar-refractivity contribution in [2.45, 2.75) is 4.90 Å². The Morgan fingerprint density at radius 2 is 1.64 bits per heavy atom. The summed E-state index contributed by atoms with van der Waals surface area (Å²) in [6, 6.07) is 4.59. The summed E-state index contributed by atoms with van der Waals surface area (Å²) in [5.74, 6) is 0. The zero-order chi connectivity index (χ0) is 8.43. The molecule has 2 N–H and O–H groups in total. The van der Waals surface area contributed by atoms with E-state index in [1.165, 1.54) is 12.1 Å². The molecule has 60 valence electrons. The molecule has 0 heterocycles. The van der Waals surface area contributed by atoms with Crippen molar-refractivity contribution in [1.82, 2.24) is 0 Å². The molecule has 0 radical (unpaired) electrons. The second kappa shape index (κ2) is 3.54. The fourth-order valence-electron chi connectivity index (χ4n) is 0.645. The largest absolute Gasteiger partial charge is 0.248 e. The average molecular weight is 210 g/mol. The normalized spacial score (nSPS) is 13.0. The highest BCUT2D eigenvalue weighted by atomic mass is 35.5. The first-order valence-electron chi connectivity index (χ1n) is 2.72. The third-order valence-electron chi connectivity index (χ3n) is 1.07. The first-order valence-corrected chi connectivity index (χ1v) is 4.69. The highest BCUT2D eigenvalue weighted by Gasteiger charge is 2.00. The van der Waals surface area contributed by atoms with E-state index in [4.69, 9.17) is 28.3 Å². The Bertz CT molecular complexity index is 282. The fourth-order valence-corrected chi connectivity index (χ4v) is 1.79. The van der Waals surface area contributed by atoms with Crippen LogP contribution < -0.4 is 5.14 Å². The lowest BCUT2D eigenvalue weighted by molar-refractivity contribution is 0.684. The van der Waals surface area contributed by atoms with Crippen LogP contribution in [0, 0.1) is 0 Å². The summed E-state index contributed by atoms with van der Waals surface area (Å²) >= 11 is 11.2. The highest BCUT2D eigenvalue weighted by Crippen LogP contribution is 2.19. The number of hydrogen-bond donors (Lipinski definition) is 1. The second-order valence-corrected chi connectivity index (χ2v) is 3.84. The van der Waals surface area contributed by atoms with E-state index in [1.54, 1.807) is 6.07 Å². The molecule has 0 amide bonds. The first kappa shape index (κ1) is 9.00. The zero-order valence-corrected chi connectivity index (χ0v) is 7.71. The molecule has 0 bridgehead atoms. The number of benzene rings is 1. The lowest BCUT2D eigenvalue weighted by atomic mass is 10.4. The topological polar surface area (TPSA) is 43.1 Å². The smallest absolute Gasteiger partial charge is 0.122 e. The van der Waals surface area contributed by atoms with E-state index >= 15 is 0 Å². The Labute approximate surface area is 76.9 Å². The summed E-state index contributed by atoms with van der Waals surface area (Å²) in [5.41, 5.74) is 0. The van der Waals surface area contributed by atoms with Gasteiger partial charge < -0.3 is 0 Å². The molecule has 0 saturated heterocycles. The third-order valence-corrected chi connectivity index (χ3v) is 2.21. The van der Waals surface area contributed by atoms with Gasteiger partial charge >= 0.3 is 0 Å². The summed E-state index contributed by atoms with van der Waals surface area (Å²) in [7, 11) is -1.52. The Kier molecular flexibility index (Phi) is 2.90. The predicted molar refractivity (Wildman–Crippen MR) is 47.1 cm³/mol. The van der Waals surface area contributed by atoms with E-state index in [9.17, 15) is 4.21 Å². The van der Waals surface area contributed by atoms with Crippen molar-refractivity contribution < 1.29 is 4.21 Å². The molecular weight excluding hydrogens is 205 g/mol. The summed E-state index contributed by atoms with van der Waals surface area (Å²) in [6.45, 7) is 0. The van der Waals surface area contributed by atoms with Crippen molar-refractivity contribution in [3.63, 3.8) is 0 Å². The number of hydrogen-bond acceptors (Lipinski definition) is 1. The molecule has 5 heteroatoms. The fraction of sp³-hybridized carbons (Fsp3) is 0. The minimum Gasteiger partial charge on any atom is -0.248 e. The quantitative estimate of drug-likeness (QED) is 0.756. The van der Waals surface area contributed by atoms with Gasteiger partial charge in [0, 0.05) is 10.0 Å². The minimum absolute atomic E-state index is 0.433.